The van der Waals surface area contributed by atoms with E-state index in [1.807, 2.05) is 42.5 Å². The van der Waals surface area contributed by atoms with E-state index in [1.54, 1.807) is 17.0 Å². The van der Waals surface area contributed by atoms with Crippen molar-refractivity contribution in [2.24, 2.45) is 0 Å². The standard InChI is InChI=1S/C19H14N4O2/c24-19-23(8-6-18-21-14-3-1-2-4-15(14)22-18)16-9-12-5-7-20-11-13(12)10-17(16)25-19/h1-5,7,9-11H,6,8H2,(H,21,22). The van der Waals surface area contributed by atoms with Crippen LogP contribution >= 0.6 is 0 Å². The largest absolute Gasteiger partial charge is 0.419 e. The average Bonchev–Trinajstić information content (AvgIpc) is 3.17. The first-order chi connectivity index (χ1) is 12.3. The van der Waals surface area contributed by atoms with Crippen molar-refractivity contribution >= 4 is 32.9 Å². The van der Waals surface area contributed by atoms with E-state index >= 15 is 0 Å². The van der Waals surface area contributed by atoms with Crippen molar-refractivity contribution in [3.05, 3.63) is 71.2 Å². The molecule has 0 unspecified atom stereocenters. The highest BCUT2D eigenvalue weighted by molar-refractivity contribution is 5.93. The third-order valence-electron chi connectivity index (χ3n) is 4.44. The van der Waals surface area contributed by atoms with E-state index in [0.717, 1.165) is 33.1 Å². The van der Waals surface area contributed by atoms with Crippen LogP contribution in [0.5, 0.6) is 0 Å². The Morgan fingerprint density at radius 1 is 1.12 bits per heavy atom. The number of benzene rings is 2. The molecule has 0 aliphatic heterocycles. The molecule has 0 saturated heterocycles. The number of rotatable bonds is 3. The molecular weight excluding hydrogens is 316 g/mol. The maximum atomic E-state index is 12.3. The van der Waals surface area contributed by atoms with Crippen LogP contribution in [0.1, 0.15) is 5.82 Å². The van der Waals surface area contributed by atoms with E-state index in [4.69, 9.17) is 4.42 Å². The lowest BCUT2D eigenvalue weighted by atomic mass is 10.1. The minimum atomic E-state index is -0.352. The molecule has 0 aliphatic rings. The number of nitrogens with one attached hydrogen (secondary N) is 1. The van der Waals surface area contributed by atoms with Crippen LogP contribution in [-0.4, -0.2) is 19.5 Å². The number of aromatic nitrogens is 4. The van der Waals surface area contributed by atoms with E-state index in [9.17, 15) is 4.79 Å². The normalized spacial score (nSPS) is 11.7. The fraction of sp³-hybridized carbons (Fsp3) is 0.105. The number of H-pyrrole nitrogens is 1. The first-order valence-corrected chi connectivity index (χ1v) is 8.09. The Bertz CT molecular complexity index is 1250. The van der Waals surface area contributed by atoms with Crippen LogP contribution in [0, 0.1) is 0 Å². The molecule has 2 aromatic carbocycles. The summed E-state index contributed by atoms with van der Waals surface area (Å²) >= 11 is 0. The second-order valence-corrected chi connectivity index (χ2v) is 6.01. The Balaban J connectivity index is 1.54. The van der Waals surface area contributed by atoms with Gasteiger partial charge in [-0.25, -0.2) is 9.78 Å². The summed E-state index contributed by atoms with van der Waals surface area (Å²) in [5.41, 5.74) is 3.30. The zero-order chi connectivity index (χ0) is 16.8. The quantitative estimate of drug-likeness (QED) is 0.551. The molecule has 5 aromatic rings. The molecule has 6 nitrogen and oxygen atoms in total. The van der Waals surface area contributed by atoms with Crippen LogP contribution in [0.25, 0.3) is 32.9 Å². The summed E-state index contributed by atoms with van der Waals surface area (Å²) in [5.74, 6) is 0.502. The number of aromatic amines is 1. The van der Waals surface area contributed by atoms with Crippen molar-refractivity contribution in [3.63, 3.8) is 0 Å². The molecule has 3 heterocycles. The Morgan fingerprint density at radius 2 is 2.04 bits per heavy atom. The summed E-state index contributed by atoms with van der Waals surface area (Å²) in [5, 5.41) is 1.98. The number of imidazole rings is 1. The topological polar surface area (TPSA) is 76.7 Å². The van der Waals surface area contributed by atoms with Gasteiger partial charge < -0.3 is 9.40 Å². The summed E-state index contributed by atoms with van der Waals surface area (Å²) in [6, 6.07) is 13.6. The van der Waals surface area contributed by atoms with Crippen molar-refractivity contribution in [1.29, 1.82) is 0 Å². The first kappa shape index (κ1) is 14.0. The summed E-state index contributed by atoms with van der Waals surface area (Å²) in [6.45, 7) is 0.502. The minimum Gasteiger partial charge on any atom is -0.408 e. The van der Waals surface area contributed by atoms with Gasteiger partial charge in [-0.1, -0.05) is 12.1 Å². The van der Waals surface area contributed by atoms with Crippen molar-refractivity contribution in [1.82, 2.24) is 19.5 Å². The molecule has 6 heteroatoms. The van der Waals surface area contributed by atoms with E-state index in [0.29, 0.717) is 18.5 Å². The van der Waals surface area contributed by atoms with Gasteiger partial charge in [0, 0.05) is 30.7 Å². The summed E-state index contributed by atoms with van der Waals surface area (Å²) in [6.07, 6.45) is 4.13. The highest BCUT2D eigenvalue weighted by Crippen LogP contribution is 2.21. The average molecular weight is 330 g/mol. The second kappa shape index (κ2) is 5.31. The fourth-order valence-corrected chi connectivity index (χ4v) is 3.20. The minimum absolute atomic E-state index is 0.352. The van der Waals surface area contributed by atoms with Gasteiger partial charge in [-0.2, -0.15) is 0 Å². The lowest BCUT2D eigenvalue weighted by Crippen LogP contribution is -2.15. The summed E-state index contributed by atoms with van der Waals surface area (Å²) in [7, 11) is 0. The molecule has 0 radical (unpaired) electrons. The van der Waals surface area contributed by atoms with Gasteiger partial charge in [0.1, 0.15) is 5.82 Å². The molecule has 0 amide bonds. The number of fused-ring (bicyclic) bond motifs is 3. The van der Waals surface area contributed by atoms with Crippen LogP contribution in [0.15, 0.2) is 64.1 Å². The Kier molecular flexibility index (Phi) is 2.97. The van der Waals surface area contributed by atoms with Crippen LogP contribution in [0.3, 0.4) is 0 Å². The molecule has 122 valence electrons. The molecule has 0 fully saturated rings. The molecule has 3 aromatic heterocycles. The third-order valence-corrected chi connectivity index (χ3v) is 4.44. The monoisotopic (exact) mass is 330 g/mol. The lowest BCUT2D eigenvalue weighted by Gasteiger charge is -2.02. The molecule has 0 bridgehead atoms. The predicted molar refractivity (Wildman–Crippen MR) is 95.6 cm³/mol. The SMILES string of the molecule is O=c1oc2cc3cnccc3cc2n1CCc1nc2ccccc2[nH]1. The van der Waals surface area contributed by atoms with Gasteiger partial charge in [0.2, 0.25) is 0 Å². The van der Waals surface area contributed by atoms with Gasteiger partial charge in [-0.3, -0.25) is 9.55 Å². The molecule has 0 aliphatic carbocycles. The predicted octanol–water partition coefficient (Wildman–Crippen LogP) is 3.26. The fourth-order valence-electron chi connectivity index (χ4n) is 3.20. The maximum absolute atomic E-state index is 12.3. The lowest BCUT2D eigenvalue weighted by molar-refractivity contribution is 0.503. The maximum Gasteiger partial charge on any atom is 0.419 e. The number of hydrogen-bond donors (Lipinski definition) is 1. The van der Waals surface area contributed by atoms with Crippen molar-refractivity contribution in [2.75, 3.05) is 0 Å². The number of aryl methyl sites for hydroxylation is 2. The number of nitrogens with zero attached hydrogens (tertiary/aromatic N) is 3. The van der Waals surface area contributed by atoms with E-state index in [2.05, 4.69) is 15.0 Å². The number of para-hydroxylation sites is 2. The second-order valence-electron chi connectivity index (χ2n) is 6.01. The van der Waals surface area contributed by atoms with Crippen LogP contribution in [0.2, 0.25) is 0 Å². The van der Waals surface area contributed by atoms with Gasteiger partial charge in [-0.05, 0) is 35.7 Å². The molecule has 0 atom stereocenters. The number of oxazole rings is 1. The highest BCUT2D eigenvalue weighted by Gasteiger charge is 2.11. The van der Waals surface area contributed by atoms with E-state index < -0.39 is 0 Å². The number of pyridine rings is 1. The van der Waals surface area contributed by atoms with Gasteiger partial charge in [0.25, 0.3) is 0 Å². The smallest absolute Gasteiger partial charge is 0.408 e. The van der Waals surface area contributed by atoms with Gasteiger partial charge in [0.15, 0.2) is 5.58 Å². The Labute approximate surface area is 141 Å². The van der Waals surface area contributed by atoms with E-state index in [-0.39, 0.29) is 5.76 Å². The molecule has 25 heavy (non-hydrogen) atoms. The zero-order valence-corrected chi connectivity index (χ0v) is 13.3. The van der Waals surface area contributed by atoms with Gasteiger partial charge >= 0.3 is 5.76 Å². The molecule has 0 saturated carbocycles. The first-order valence-electron chi connectivity index (χ1n) is 8.09. The van der Waals surface area contributed by atoms with Crippen LogP contribution in [0.4, 0.5) is 0 Å². The molecule has 0 spiro atoms. The van der Waals surface area contributed by atoms with Crippen LogP contribution in [-0.2, 0) is 13.0 Å². The zero-order valence-electron chi connectivity index (χ0n) is 13.3. The summed E-state index contributed by atoms with van der Waals surface area (Å²) in [4.78, 5) is 24.2. The molecule has 1 N–H and O–H groups in total. The van der Waals surface area contributed by atoms with E-state index in [1.165, 1.54) is 0 Å². The summed E-state index contributed by atoms with van der Waals surface area (Å²) < 4.78 is 7.06. The number of hydrogen-bond acceptors (Lipinski definition) is 4. The van der Waals surface area contributed by atoms with Crippen molar-refractivity contribution in [2.45, 2.75) is 13.0 Å². The highest BCUT2D eigenvalue weighted by atomic mass is 16.4. The van der Waals surface area contributed by atoms with Crippen molar-refractivity contribution in [3.8, 4) is 0 Å². The Hall–Kier alpha value is -3.41. The van der Waals surface area contributed by atoms with Crippen molar-refractivity contribution < 1.29 is 4.42 Å². The molecule has 5 rings (SSSR count). The third kappa shape index (κ3) is 2.30. The van der Waals surface area contributed by atoms with Gasteiger partial charge in [0.05, 0.1) is 16.6 Å². The Morgan fingerprint density at radius 3 is 2.96 bits per heavy atom. The van der Waals surface area contributed by atoms with Crippen LogP contribution < -0.4 is 5.76 Å². The van der Waals surface area contributed by atoms with Gasteiger partial charge in [-0.15, -0.1) is 0 Å². The molecular formula is C19H14N4O2.